The van der Waals surface area contributed by atoms with Gasteiger partial charge in [-0.15, -0.1) is 0 Å². The first-order valence-corrected chi connectivity index (χ1v) is 7.16. The number of anilines is 1. The van der Waals surface area contributed by atoms with Gasteiger partial charge in [-0.05, 0) is 31.7 Å². The molecule has 2 unspecified atom stereocenters. The maximum absolute atomic E-state index is 13.3. The average molecular weight is 304 g/mol. The fourth-order valence-electron chi connectivity index (χ4n) is 2.53. The molecule has 0 radical (unpaired) electrons. The molecular weight excluding hydrogens is 287 g/mol. The maximum Gasteiger partial charge on any atom is 0.234 e. The number of amides is 1. The van der Waals surface area contributed by atoms with Gasteiger partial charge < -0.3 is 15.2 Å². The molecule has 1 aromatic carbocycles. The van der Waals surface area contributed by atoms with Crippen molar-refractivity contribution in [3.05, 3.63) is 41.3 Å². The molecule has 0 spiro atoms. The molecule has 2 heterocycles. The number of carbonyl (C=O) groups excluding carboxylic acids is 1. The predicted molar refractivity (Wildman–Crippen MR) is 78.0 cm³/mol. The Morgan fingerprint density at radius 3 is 3.14 bits per heavy atom. The van der Waals surface area contributed by atoms with E-state index in [1.807, 2.05) is 14.0 Å². The second-order valence-corrected chi connectivity index (χ2v) is 5.48. The summed E-state index contributed by atoms with van der Waals surface area (Å²) in [7, 11) is 1.86. The van der Waals surface area contributed by atoms with Crippen LogP contribution in [-0.4, -0.2) is 29.1 Å². The van der Waals surface area contributed by atoms with Crippen molar-refractivity contribution in [1.82, 2.24) is 15.5 Å². The summed E-state index contributed by atoms with van der Waals surface area (Å²) in [5, 5.41) is 9.74. The molecule has 2 aromatic rings. The molecule has 7 heteroatoms. The van der Waals surface area contributed by atoms with Crippen molar-refractivity contribution < 1.29 is 13.7 Å². The van der Waals surface area contributed by atoms with Crippen molar-refractivity contribution in [3.63, 3.8) is 0 Å². The highest BCUT2D eigenvalue weighted by atomic mass is 19.1. The highest BCUT2D eigenvalue weighted by Gasteiger charge is 2.31. The minimum absolute atomic E-state index is 0.188. The number of hydrogen-bond donors (Lipinski definition) is 2. The largest absolute Gasteiger partial charge is 0.339 e. The number of benzene rings is 1. The molecule has 0 bridgehead atoms. The summed E-state index contributed by atoms with van der Waals surface area (Å²) in [5.74, 6) is 0.0585. The Labute approximate surface area is 127 Å². The van der Waals surface area contributed by atoms with Crippen molar-refractivity contribution in [2.24, 2.45) is 0 Å². The standard InChI is InChI=1S/C15H17FN4O2/c1-8(17-2)5-13-19-15(22-20-13)11-7-14(21)18-12-6-9(16)3-4-10(11)12/h3-4,6,8,11,17H,5,7H2,1-2H3,(H,18,21). The SMILES string of the molecule is CNC(C)Cc1noc(C2CC(=O)Nc3cc(F)ccc32)n1. The van der Waals surface area contributed by atoms with E-state index in [4.69, 9.17) is 4.52 Å². The van der Waals surface area contributed by atoms with Crippen molar-refractivity contribution in [2.75, 3.05) is 12.4 Å². The van der Waals surface area contributed by atoms with Crippen molar-refractivity contribution in [3.8, 4) is 0 Å². The summed E-state index contributed by atoms with van der Waals surface area (Å²) < 4.78 is 18.7. The van der Waals surface area contributed by atoms with Crippen LogP contribution in [0.2, 0.25) is 0 Å². The number of aromatic nitrogens is 2. The monoisotopic (exact) mass is 304 g/mol. The van der Waals surface area contributed by atoms with Crippen LogP contribution in [0.25, 0.3) is 0 Å². The Morgan fingerprint density at radius 2 is 2.36 bits per heavy atom. The number of rotatable bonds is 4. The topological polar surface area (TPSA) is 80.0 Å². The Bertz CT molecular complexity index is 701. The van der Waals surface area contributed by atoms with Crippen LogP contribution >= 0.6 is 0 Å². The third-order valence-electron chi connectivity index (χ3n) is 3.82. The Morgan fingerprint density at radius 1 is 1.55 bits per heavy atom. The molecule has 0 aliphatic carbocycles. The molecule has 1 aromatic heterocycles. The number of halogens is 1. The van der Waals surface area contributed by atoms with Crippen LogP contribution in [0.3, 0.4) is 0 Å². The second-order valence-electron chi connectivity index (χ2n) is 5.48. The van der Waals surface area contributed by atoms with Crippen LogP contribution < -0.4 is 10.6 Å². The van der Waals surface area contributed by atoms with Crippen LogP contribution in [-0.2, 0) is 11.2 Å². The fraction of sp³-hybridized carbons (Fsp3) is 0.400. The molecular formula is C15H17FN4O2. The molecule has 116 valence electrons. The molecule has 1 aliphatic heterocycles. The first kappa shape index (κ1) is 14.6. The van der Waals surface area contributed by atoms with Gasteiger partial charge in [0.05, 0.1) is 5.92 Å². The van der Waals surface area contributed by atoms with Crippen LogP contribution in [0.4, 0.5) is 10.1 Å². The highest BCUT2D eigenvalue weighted by Crippen LogP contribution is 2.36. The smallest absolute Gasteiger partial charge is 0.234 e. The second kappa shape index (κ2) is 5.84. The zero-order chi connectivity index (χ0) is 15.7. The molecule has 0 saturated carbocycles. The molecule has 2 N–H and O–H groups in total. The summed E-state index contributed by atoms with van der Waals surface area (Å²) >= 11 is 0. The Kier molecular flexibility index (Phi) is 3.89. The van der Waals surface area contributed by atoms with Gasteiger partial charge in [-0.2, -0.15) is 4.98 Å². The summed E-state index contributed by atoms with van der Waals surface area (Å²) in [4.78, 5) is 16.2. The Hall–Kier alpha value is -2.28. The zero-order valence-corrected chi connectivity index (χ0v) is 12.4. The summed E-state index contributed by atoms with van der Waals surface area (Å²) in [6.07, 6.45) is 0.844. The normalized spacial score (nSPS) is 18.7. The van der Waals surface area contributed by atoms with Crippen LogP contribution in [0.1, 0.15) is 36.5 Å². The Balaban J connectivity index is 1.91. The first-order valence-electron chi connectivity index (χ1n) is 7.16. The van der Waals surface area contributed by atoms with Gasteiger partial charge in [-0.1, -0.05) is 11.2 Å². The number of nitrogens with one attached hydrogen (secondary N) is 2. The highest BCUT2D eigenvalue weighted by molar-refractivity contribution is 5.95. The zero-order valence-electron chi connectivity index (χ0n) is 12.4. The van der Waals surface area contributed by atoms with Crippen LogP contribution in [0.15, 0.2) is 22.7 Å². The minimum Gasteiger partial charge on any atom is -0.339 e. The van der Waals surface area contributed by atoms with Gasteiger partial charge in [0, 0.05) is 24.6 Å². The first-order chi connectivity index (χ1) is 10.6. The van der Waals surface area contributed by atoms with Crippen molar-refractivity contribution in [1.29, 1.82) is 0 Å². The van der Waals surface area contributed by atoms with Gasteiger partial charge in [0.15, 0.2) is 5.82 Å². The van der Waals surface area contributed by atoms with E-state index in [2.05, 4.69) is 20.8 Å². The third-order valence-corrected chi connectivity index (χ3v) is 3.82. The van der Waals surface area contributed by atoms with E-state index in [1.54, 1.807) is 6.07 Å². The summed E-state index contributed by atoms with van der Waals surface area (Å²) in [6.45, 7) is 2.02. The molecule has 3 rings (SSSR count). The van der Waals surface area contributed by atoms with E-state index < -0.39 is 5.82 Å². The molecule has 0 saturated heterocycles. The van der Waals surface area contributed by atoms with Gasteiger partial charge in [0.25, 0.3) is 0 Å². The summed E-state index contributed by atoms with van der Waals surface area (Å²) in [5.41, 5.74) is 1.25. The summed E-state index contributed by atoms with van der Waals surface area (Å²) in [6, 6.07) is 4.54. The van der Waals surface area contributed by atoms with Gasteiger partial charge >= 0.3 is 0 Å². The van der Waals surface area contributed by atoms with Crippen LogP contribution in [0.5, 0.6) is 0 Å². The number of nitrogens with zero attached hydrogens (tertiary/aromatic N) is 2. The quantitative estimate of drug-likeness (QED) is 0.901. The van der Waals surface area contributed by atoms with Gasteiger partial charge in [0.2, 0.25) is 11.8 Å². The van der Waals surface area contributed by atoms with Gasteiger partial charge in [0.1, 0.15) is 5.82 Å². The molecule has 1 aliphatic rings. The van der Waals surface area contributed by atoms with E-state index in [0.717, 1.165) is 5.56 Å². The van der Waals surface area contributed by atoms with Crippen LogP contribution in [0, 0.1) is 5.82 Å². The molecule has 6 nitrogen and oxygen atoms in total. The number of hydrogen-bond acceptors (Lipinski definition) is 5. The lowest BCUT2D eigenvalue weighted by molar-refractivity contribution is -0.116. The number of likely N-dealkylation sites (N-methyl/N-ethyl adjacent to an activating group) is 1. The lowest BCUT2D eigenvalue weighted by Gasteiger charge is -2.22. The van der Waals surface area contributed by atoms with Gasteiger partial charge in [-0.3, -0.25) is 4.79 Å². The number of carbonyl (C=O) groups is 1. The third kappa shape index (κ3) is 2.85. The predicted octanol–water partition coefficient (Wildman–Crippen LogP) is 1.83. The molecule has 0 fully saturated rings. The van der Waals surface area contributed by atoms with Crippen molar-refractivity contribution >= 4 is 11.6 Å². The average Bonchev–Trinajstić information content (AvgIpc) is 2.94. The lowest BCUT2D eigenvalue weighted by Crippen LogP contribution is -2.25. The lowest BCUT2D eigenvalue weighted by atomic mass is 9.90. The number of fused-ring (bicyclic) bond motifs is 1. The van der Waals surface area contributed by atoms with E-state index >= 15 is 0 Å². The minimum atomic E-state index is -0.395. The van der Waals surface area contributed by atoms with E-state index in [1.165, 1.54) is 12.1 Å². The van der Waals surface area contributed by atoms with E-state index in [0.29, 0.717) is 23.8 Å². The molecule has 1 amide bonds. The van der Waals surface area contributed by atoms with Gasteiger partial charge in [-0.25, -0.2) is 4.39 Å². The maximum atomic E-state index is 13.3. The van der Waals surface area contributed by atoms with Crippen molar-refractivity contribution in [2.45, 2.75) is 31.7 Å². The van der Waals surface area contributed by atoms with E-state index in [9.17, 15) is 9.18 Å². The molecule has 2 atom stereocenters. The van der Waals surface area contributed by atoms with E-state index in [-0.39, 0.29) is 24.3 Å². The molecule has 22 heavy (non-hydrogen) atoms. The fourth-order valence-corrected chi connectivity index (χ4v) is 2.53.